The Morgan fingerprint density at radius 1 is 1.42 bits per heavy atom. The molecule has 0 aromatic heterocycles. The number of aryl methyl sites for hydroxylation is 2. The zero-order valence-corrected chi connectivity index (χ0v) is 12.2. The van der Waals surface area contributed by atoms with Gasteiger partial charge in [-0.2, -0.15) is 0 Å². The van der Waals surface area contributed by atoms with Gasteiger partial charge < -0.3 is 20.1 Å². The van der Waals surface area contributed by atoms with Crippen LogP contribution in [0.15, 0.2) is 12.1 Å². The molecule has 4 heteroatoms. The van der Waals surface area contributed by atoms with Crippen molar-refractivity contribution in [2.45, 2.75) is 25.9 Å². The number of ether oxygens (including phenoxy) is 2. The van der Waals surface area contributed by atoms with E-state index in [-0.39, 0.29) is 12.1 Å². The lowest BCUT2D eigenvalue weighted by Gasteiger charge is -2.33. The quantitative estimate of drug-likeness (QED) is 0.866. The molecular formula is C15H24N2O2. The SMILES string of the molecule is CNC(c1c(C)cc(C)cc1OC)C1COCCN1. The smallest absolute Gasteiger partial charge is 0.124 e. The number of likely N-dealkylation sites (N-methyl/N-ethyl adjacent to an activating group) is 1. The topological polar surface area (TPSA) is 42.5 Å². The van der Waals surface area contributed by atoms with E-state index in [4.69, 9.17) is 9.47 Å². The van der Waals surface area contributed by atoms with Gasteiger partial charge in [0, 0.05) is 12.1 Å². The first kappa shape index (κ1) is 14.3. The standard InChI is InChI=1S/C15H24N2O2/c1-10-7-11(2)14(13(8-10)18-4)15(16-3)12-9-19-6-5-17-12/h7-8,12,15-17H,5-6,9H2,1-4H3. The van der Waals surface area contributed by atoms with Crippen LogP contribution < -0.4 is 15.4 Å². The number of nitrogens with one attached hydrogen (secondary N) is 2. The van der Waals surface area contributed by atoms with Crippen LogP contribution in [-0.4, -0.2) is 40.0 Å². The van der Waals surface area contributed by atoms with Crippen molar-refractivity contribution in [1.82, 2.24) is 10.6 Å². The number of rotatable bonds is 4. The second kappa shape index (κ2) is 6.37. The number of morpholine rings is 1. The molecule has 0 aliphatic carbocycles. The first-order valence-electron chi connectivity index (χ1n) is 6.81. The monoisotopic (exact) mass is 264 g/mol. The van der Waals surface area contributed by atoms with Crippen LogP contribution in [0.25, 0.3) is 0 Å². The van der Waals surface area contributed by atoms with Gasteiger partial charge in [-0.3, -0.25) is 0 Å². The largest absolute Gasteiger partial charge is 0.496 e. The third kappa shape index (κ3) is 3.08. The van der Waals surface area contributed by atoms with Gasteiger partial charge in [-0.05, 0) is 38.1 Å². The fourth-order valence-corrected chi connectivity index (χ4v) is 2.85. The predicted octanol–water partition coefficient (Wildman–Crippen LogP) is 1.56. The van der Waals surface area contributed by atoms with Gasteiger partial charge in [0.1, 0.15) is 5.75 Å². The molecule has 0 amide bonds. The average molecular weight is 264 g/mol. The zero-order chi connectivity index (χ0) is 13.8. The minimum atomic E-state index is 0.191. The van der Waals surface area contributed by atoms with Crippen molar-refractivity contribution in [2.75, 3.05) is 33.9 Å². The minimum absolute atomic E-state index is 0.191. The van der Waals surface area contributed by atoms with E-state index in [2.05, 4.69) is 36.6 Å². The number of hydrogen-bond donors (Lipinski definition) is 2. The van der Waals surface area contributed by atoms with Crippen LogP contribution in [0.1, 0.15) is 22.7 Å². The molecule has 0 radical (unpaired) electrons. The highest BCUT2D eigenvalue weighted by atomic mass is 16.5. The minimum Gasteiger partial charge on any atom is -0.496 e. The van der Waals surface area contributed by atoms with Gasteiger partial charge in [-0.1, -0.05) is 6.07 Å². The van der Waals surface area contributed by atoms with Crippen LogP contribution in [0.4, 0.5) is 0 Å². The molecule has 0 saturated carbocycles. The van der Waals surface area contributed by atoms with E-state index in [1.54, 1.807) is 7.11 Å². The predicted molar refractivity (Wildman–Crippen MR) is 76.9 cm³/mol. The normalized spacial score (nSPS) is 21.2. The maximum atomic E-state index is 5.58. The third-order valence-corrected chi connectivity index (χ3v) is 3.69. The van der Waals surface area contributed by atoms with E-state index in [1.165, 1.54) is 16.7 Å². The number of benzene rings is 1. The third-order valence-electron chi connectivity index (χ3n) is 3.69. The summed E-state index contributed by atoms with van der Waals surface area (Å²) in [6.07, 6.45) is 0. The summed E-state index contributed by atoms with van der Waals surface area (Å²) < 4.78 is 11.2. The summed E-state index contributed by atoms with van der Waals surface area (Å²) in [5, 5.41) is 6.92. The van der Waals surface area contributed by atoms with Gasteiger partial charge >= 0.3 is 0 Å². The maximum absolute atomic E-state index is 5.58. The van der Waals surface area contributed by atoms with Gasteiger partial charge in [0.15, 0.2) is 0 Å². The average Bonchev–Trinajstić information content (AvgIpc) is 2.42. The number of methoxy groups -OCH3 is 1. The molecule has 106 valence electrons. The van der Waals surface area contributed by atoms with Crippen LogP contribution >= 0.6 is 0 Å². The fourth-order valence-electron chi connectivity index (χ4n) is 2.85. The van der Waals surface area contributed by atoms with Crippen molar-refractivity contribution in [3.05, 3.63) is 28.8 Å². The zero-order valence-electron chi connectivity index (χ0n) is 12.2. The lowest BCUT2D eigenvalue weighted by atomic mass is 9.93. The highest BCUT2D eigenvalue weighted by molar-refractivity contribution is 5.45. The Morgan fingerprint density at radius 3 is 2.79 bits per heavy atom. The summed E-state index contributed by atoms with van der Waals surface area (Å²) in [6.45, 7) is 6.64. The lowest BCUT2D eigenvalue weighted by molar-refractivity contribution is 0.0641. The van der Waals surface area contributed by atoms with Crippen molar-refractivity contribution in [3.8, 4) is 5.75 Å². The van der Waals surface area contributed by atoms with E-state index in [1.807, 2.05) is 7.05 Å². The molecule has 2 atom stereocenters. The Bertz CT molecular complexity index is 428. The van der Waals surface area contributed by atoms with Crippen LogP contribution in [-0.2, 0) is 4.74 Å². The number of hydrogen-bond acceptors (Lipinski definition) is 4. The Morgan fingerprint density at radius 2 is 2.21 bits per heavy atom. The van der Waals surface area contributed by atoms with E-state index >= 15 is 0 Å². The fraction of sp³-hybridized carbons (Fsp3) is 0.600. The molecule has 1 fully saturated rings. The molecule has 1 aromatic carbocycles. The second-order valence-electron chi connectivity index (χ2n) is 5.10. The molecule has 1 heterocycles. The first-order valence-corrected chi connectivity index (χ1v) is 6.81. The van der Waals surface area contributed by atoms with E-state index in [0.717, 1.165) is 25.5 Å². The Kier molecular flexibility index (Phi) is 4.80. The molecule has 2 N–H and O–H groups in total. The summed E-state index contributed by atoms with van der Waals surface area (Å²) in [5.41, 5.74) is 3.70. The highest BCUT2D eigenvalue weighted by Gasteiger charge is 2.27. The van der Waals surface area contributed by atoms with Crippen molar-refractivity contribution >= 4 is 0 Å². The van der Waals surface area contributed by atoms with E-state index in [9.17, 15) is 0 Å². The van der Waals surface area contributed by atoms with Crippen LogP contribution in [0.2, 0.25) is 0 Å². The Balaban J connectivity index is 2.36. The van der Waals surface area contributed by atoms with Gasteiger partial charge in [-0.15, -0.1) is 0 Å². The Hall–Kier alpha value is -1.10. The highest BCUT2D eigenvalue weighted by Crippen LogP contribution is 2.32. The summed E-state index contributed by atoms with van der Waals surface area (Å²) in [5.74, 6) is 0.948. The van der Waals surface area contributed by atoms with E-state index in [0.29, 0.717) is 0 Å². The molecular weight excluding hydrogens is 240 g/mol. The molecule has 0 bridgehead atoms. The van der Waals surface area contributed by atoms with Crippen LogP contribution in [0.3, 0.4) is 0 Å². The molecule has 2 unspecified atom stereocenters. The van der Waals surface area contributed by atoms with Gasteiger partial charge in [0.25, 0.3) is 0 Å². The van der Waals surface area contributed by atoms with E-state index < -0.39 is 0 Å². The molecule has 19 heavy (non-hydrogen) atoms. The van der Waals surface area contributed by atoms with Crippen LogP contribution in [0.5, 0.6) is 5.75 Å². The maximum Gasteiger partial charge on any atom is 0.124 e. The Labute approximate surface area is 115 Å². The summed E-state index contributed by atoms with van der Waals surface area (Å²) in [6, 6.07) is 4.76. The first-order chi connectivity index (χ1) is 9.17. The summed E-state index contributed by atoms with van der Waals surface area (Å²) >= 11 is 0. The van der Waals surface area contributed by atoms with Crippen molar-refractivity contribution < 1.29 is 9.47 Å². The molecule has 1 aliphatic heterocycles. The molecule has 1 aromatic rings. The molecule has 1 aliphatic rings. The molecule has 4 nitrogen and oxygen atoms in total. The lowest BCUT2D eigenvalue weighted by Crippen LogP contribution is -2.48. The summed E-state index contributed by atoms with van der Waals surface area (Å²) in [4.78, 5) is 0. The van der Waals surface area contributed by atoms with Crippen molar-refractivity contribution in [3.63, 3.8) is 0 Å². The second-order valence-corrected chi connectivity index (χ2v) is 5.10. The molecule has 1 saturated heterocycles. The summed E-state index contributed by atoms with van der Waals surface area (Å²) in [7, 11) is 3.72. The van der Waals surface area contributed by atoms with Crippen molar-refractivity contribution in [1.29, 1.82) is 0 Å². The molecule has 2 rings (SSSR count). The van der Waals surface area contributed by atoms with Gasteiger partial charge in [-0.25, -0.2) is 0 Å². The van der Waals surface area contributed by atoms with Gasteiger partial charge in [0.2, 0.25) is 0 Å². The van der Waals surface area contributed by atoms with Crippen LogP contribution in [0, 0.1) is 13.8 Å². The molecule has 0 spiro atoms. The van der Waals surface area contributed by atoms with Gasteiger partial charge in [0.05, 0.1) is 32.4 Å². The van der Waals surface area contributed by atoms with Crippen molar-refractivity contribution in [2.24, 2.45) is 0 Å².